The molecule has 0 aliphatic heterocycles. The van der Waals surface area contributed by atoms with Crippen LogP contribution in [0.2, 0.25) is 5.02 Å². The predicted molar refractivity (Wildman–Crippen MR) is 116 cm³/mol. The van der Waals surface area contributed by atoms with Gasteiger partial charge < -0.3 is 5.11 Å². The van der Waals surface area contributed by atoms with E-state index in [0.717, 1.165) is 11.1 Å². The van der Waals surface area contributed by atoms with Crippen molar-refractivity contribution in [1.82, 2.24) is 4.90 Å². The highest BCUT2D eigenvalue weighted by atomic mass is 35.5. The Kier molecular flexibility index (Phi) is 7.45. The average Bonchev–Trinajstić information content (AvgIpc) is 2.62. The van der Waals surface area contributed by atoms with Crippen LogP contribution >= 0.6 is 11.6 Å². The van der Waals surface area contributed by atoms with Gasteiger partial charge in [0.1, 0.15) is 0 Å². The summed E-state index contributed by atoms with van der Waals surface area (Å²) in [6, 6.07) is 15.4. The summed E-state index contributed by atoms with van der Waals surface area (Å²) in [5.74, 6) is 5.30. The van der Waals surface area contributed by atoms with E-state index < -0.39 is 5.97 Å². The van der Waals surface area contributed by atoms with E-state index >= 15 is 0 Å². The third-order valence-electron chi connectivity index (χ3n) is 4.40. The Labute approximate surface area is 172 Å². The van der Waals surface area contributed by atoms with E-state index in [1.807, 2.05) is 30.3 Å². The molecular formula is C24H26ClNO2. The number of carboxylic acid groups (broad SMARTS) is 1. The van der Waals surface area contributed by atoms with Crippen molar-refractivity contribution in [1.29, 1.82) is 0 Å². The highest BCUT2D eigenvalue weighted by Crippen LogP contribution is 2.23. The number of carboxylic acids is 1. The molecule has 4 heteroatoms. The van der Waals surface area contributed by atoms with E-state index in [9.17, 15) is 4.79 Å². The first-order chi connectivity index (χ1) is 13.2. The van der Waals surface area contributed by atoms with Crippen LogP contribution in [0.25, 0.3) is 0 Å². The van der Waals surface area contributed by atoms with Gasteiger partial charge in [0.15, 0.2) is 0 Å². The fraction of sp³-hybridized carbons (Fsp3) is 0.292. The molecule has 0 radical (unpaired) electrons. The van der Waals surface area contributed by atoms with Crippen LogP contribution in [0.15, 0.2) is 60.7 Å². The van der Waals surface area contributed by atoms with Crippen LogP contribution in [0, 0.1) is 11.8 Å². The molecule has 0 aliphatic rings. The fourth-order valence-electron chi connectivity index (χ4n) is 2.80. The lowest BCUT2D eigenvalue weighted by Gasteiger charge is -2.24. The summed E-state index contributed by atoms with van der Waals surface area (Å²) in [5, 5.41) is 9.75. The molecule has 3 nitrogen and oxygen atoms in total. The number of hydrogen-bond acceptors (Lipinski definition) is 2. The molecule has 0 saturated carbocycles. The second kappa shape index (κ2) is 9.59. The van der Waals surface area contributed by atoms with Gasteiger partial charge >= 0.3 is 5.97 Å². The minimum Gasteiger partial charge on any atom is -0.480 e. The van der Waals surface area contributed by atoms with Gasteiger partial charge in [0, 0.05) is 10.6 Å². The van der Waals surface area contributed by atoms with Crippen LogP contribution in [0.5, 0.6) is 0 Å². The van der Waals surface area contributed by atoms with Crippen LogP contribution in [0.3, 0.4) is 0 Å². The van der Waals surface area contributed by atoms with Crippen LogP contribution in [-0.2, 0) is 10.2 Å². The quantitative estimate of drug-likeness (QED) is 0.698. The SMILES string of the molecule is CN(CC(=O)O)C(/C=C/C#Cc1ccc(C(C)(C)C)cc1)c1ccc(Cl)cc1. The Morgan fingerprint density at radius 3 is 2.29 bits per heavy atom. The average molecular weight is 396 g/mol. The number of halogens is 1. The molecule has 1 N–H and O–H groups in total. The number of nitrogens with zero attached hydrogens (tertiary/aromatic N) is 1. The first kappa shape index (κ1) is 21.8. The van der Waals surface area contributed by atoms with Crippen LogP contribution in [0.4, 0.5) is 0 Å². The second-order valence-corrected chi connectivity index (χ2v) is 8.20. The summed E-state index contributed by atoms with van der Waals surface area (Å²) < 4.78 is 0. The summed E-state index contributed by atoms with van der Waals surface area (Å²) >= 11 is 5.97. The molecule has 1 unspecified atom stereocenters. The molecule has 28 heavy (non-hydrogen) atoms. The molecular weight excluding hydrogens is 370 g/mol. The minimum atomic E-state index is -0.875. The Hall–Kier alpha value is -2.54. The smallest absolute Gasteiger partial charge is 0.317 e. The molecule has 0 spiro atoms. The zero-order valence-corrected chi connectivity index (χ0v) is 17.5. The van der Waals surface area contributed by atoms with Crippen LogP contribution < -0.4 is 0 Å². The number of hydrogen-bond donors (Lipinski definition) is 1. The molecule has 0 fully saturated rings. The van der Waals surface area contributed by atoms with Crippen molar-refractivity contribution in [2.75, 3.05) is 13.6 Å². The third-order valence-corrected chi connectivity index (χ3v) is 4.65. The Morgan fingerprint density at radius 1 is 1.14 bits per heavy atom. The fourth-order valence-corrected chi connectivity index (χ4v) is 2.93. The molecule has 0 heterocycles. The summed E-state index contributed by atoms with van der Waals surface area (Å²) in [4.78, 5) is 12.8. The number of aliphatic carboxylic acids is 1. The third kappa shape index (κ3) is 6.56. The summed E-state index contributed by atoms with van der Waals surface area (Å²) in [5.41, 5.74) is 3.29. The molecule has 0 bridgehead atoms. The number of likely N-dealkylation sites (N-methyl/N-ethyl adjacent to an activating group) is 1. The number of carbonyl (C=O) groups is 1. The molecule has 0 amide bonds. The zero-order chi connectivity index (χ0) is 20.7. The van der Waals surface area contributed by atoms with Crippen molar-refractivity contribution in [2.24, 2.45) is 0 Å². The molecule has 2 aromatic rings. The summed E-state index contributed by atoms with van der Waals surface area (Å²) in [6.07, 6.45) is 3.68. The van der Waals surface area contributed by atoms with Crippen molar-refractivity contribution in [2.45, 2.75) is 32.2 Å². The zero-order valence-electron chi connectivity index (χ0n) is 16.7. The van der Waals surface area contributed by atoms with Crippen molar-refractivity contribution < 1.29 is 9.90 Å². The van der Waals surface area contributed by atoms with Gasteiger partial charge in [0.05, 0.1) is 12.6 Å². The van der Waals surface area contributed by atoms with Gasteiger partial charge in [-0.05, 0) is 53.9 Å². The van der Waals surface area contributed by atoms with Crippen LogP contribution in [0.1, 0.15) is 43.5 Å². The number of benzene rings is 2. The monoisotopic (exact) mass is 395 g/mol. The summed E-state index contributed by atoms with van der Waals surface area (Å²) in [7, 11) is 1.77. The van der Waals surface area contributed by atoms with E-state index in [-0.39, 0.29) is 18.0 Å². The Morgan fingerprint density at radius 2 is 1.75 bits per heavy atom. The number of allylic oxidation sites excluding steroid dienone is 1. The van der Waals surface area contributed by atoms with Gasteiger partial charge in [-0.15, -0.1) is 0 Å². The molecule has 2 aromatic carbocycles. The predicted octanol–water partition coefficient (Wildman–Crippen LogP) is 5.30. The topological polar surface area (TPSA) is 40.5 Å². The van der Waals surface area contributed by atoms with Crippen molar-refractivity contribution in [3.05, 3.63) is 82.4 Å². The maximum absolute atomic E-state index is 11.1. The van der Waals surface area contributed by atoms with E-state index in [0.29, 0.717) is 5.02 Å². The molecule has 2 rings (SSSR count). The highest BCUT2D eigenvalue weighted by Gasteiger charge is 2.16. The Bertz CT molecular complexity index is 881. The first-order valence-electron chi connectivity index (χ1n) is 9.13. The van der Waals surface area contributed by atoms with Crippen LogP contribution in [-0.4, -0.2) is 29.6 Å². The van der Waals surface area contributed by atoms with E-state index in [2.05, 4.69) is 44.7 Å². The minimum absolute atomic E-state index is 0.0701. The molecule has 0 aliphatic carbocycles. The van der Waals surface area contributed by atoms with Gasteiger partial charge in [-0.2, -0.15) is 0 Å². The van der Waals surface area contributed by atoms with E-state index in [1.54, 1.807) is 30.2 Å². The summed E-state index contributed by atoms with van der Waals surface area (Å²) in [6.45, 7) is 6.47. The Balaban J connectivity index is 2.18. The highest BCUT2D eigenvalue weighted by molar-refractivity contribution is 6.30. The van der Waals surface area contributed by atoms with Crippen molar-refractivity contribution >= 4 is 17.6 Å². The molecule has 0 saturated heterocycles. The van der Waals surface area contributed by atoms with Gasteiger partial charge in [-0.1, -0.05) is 74.6 Å². The van der Waals surface area contributed by atoms with Gasteiger partial charge in [0.2, 0.25) is 0 Å². The standard InChI is InChI=1S/C24H26ClNO2/c1-24(2,3)20-13-9-18(10-14-20)7-5-6-8-22(26(4)17-23(27)28)19-11-15-21(25)16-12-19/h6,8-16,22H,17H2,1-4H3,(H,27,28)/b8-6+. The van der Waals surface area contributed by atoms with Gasteiger partial charge in [-0.3, -0.25) is 9.69 Å². The van der Waals surface area contributed by atoms with Gasteiger partial charge in [-0.25, -0.2) is 0 Å². The maximum atomic E-state index is 11.1. The lowest BCUT2D eigenvalue weighted by atomic mass is 9.87. The normalized spacial score (nSPS) is 12.6. The van der Waals surface area contributed by atoms with Crippen molar-refractivity contribution in [3.8, 4) is 11.8 Å². The molecule has 0 aromatic heterocycles. The van der Waals surface area contributed by atoms with Crippen molar-refractivity contribution in [3.63, 3.8) is 0 Å². The van der Waals surface area contributed by atoms with E-state index in [4.69, 9.17) is 16.7 Å². The maximum Gasteiger partial charge on any atom is 0.317 e. The lowest BCUT2D eigenvalue weighted by Crippen LogP contribution is -2.29. The van der Waals surface area contributed by atoms with Gasteiger partial charge in [0.25, 0.3) is 0 Å². The molecule has 146 valence electrons. The molecule has 1 atom stereocenters. The first-order valence-corrected chi connectivity index (χ1v) is 9.51. The largest absolute Gasteiger partial charge is 0.480 e. The number of rotatable bonds is 5. The lowest BCUT2D eigenvalue weighted by molar-refractivity contribution is -0.138. The van der Waals surface area contributed by atoms with E-state index in [1.165, 1.54) is 5.56 Å². The second-order valence-electron chi connectivity index (χ2n) is 7.76.